The average molecular weight is 536 g/mol. The summed E-state index contributed by atoms with van der Waals surface area (Å²) in [5.74, 6) is 1.18. The first-order valence-electron chi connectivity index (χ1n) is 9.83. The molecule has 2 heterocycles. The molecule has 6 nitrogen and oxygen atoms in total. The summed E-state index contributed by atoms with van der Waals surface area (Å²) in [7, 11) is 1.34. The minimum atomic E-state index is -0.472. The Bertz CT molecular complexity index is 1220. The monoisotopic (exact) mass is 534 g/mol. The number of fused-ring (bicyclic) bond motifs is 1. The van der Waals surface area contributed by atoms with Crippen LogP contribution in [0.25, 0.3) is 21.7 Å². The molecule has 0 bridgehead atoms. The summed E-state index contributed by atoms with van der Waals surface area (Å²) < 4.78 is 16.8. The van der Waals surface area contributed by atoms with Crippen LogP contribution in [0.2, 0.25) is 5.02 Å². The maximum atomic E-state index is 12.4. The van der Waals surface area contributed by atoms with Gasteiger partial charge in [0.1, 0.15) is 23.4 Å². The number of carbonyl (C=O) groups is 1. The van der Waals surface area contributed by atoms with Crippen LogP contribution in [0.3, 0.4) is 0 Å². The van der Waals surface area contributed by atoms with Crippen LogP contribution >= 0.6 is 38.9 Å². The molecule has 1 N–H and O–H groups in total. The molecular weight excluding hydrogens is 516 g/mol. The Morgan fingerprint density at radius 1 is 1.22 bits per heavy atom. The molecule has 9 heteroatoms. The predicted octanol–water partition coefficient (Wildman–Crippen LogP) is 6.65. The van der Waals surface area contributed by atoms with Crippen molar-refractivity contribution in [1.29, 1.82) is 0 Å². The highest BCUT2D eigenvalue weighted by Gasteiger charge is 2.24. The maximum absolute atomic E-state index is 12.4. The molecule has 2 aromatic carbocycles. The van der Waals surface area contributed by atoms with Crippen molar-refractivity contribution in [3.8, 4) is 22.2 Å². The summed E-state index contributed by atoms with van der Waals surface area (Å²) in [6.07, 6.45) is -0.434. The fourth-order valence-electron chi connectivity index (χ4n) is 3.24. The second-order valence-electron chi connectivity index (χ2n) is 6.86. The van der Waals surface area contributed by atoms with Gasteiger partial charge in [-0.05, 0) is 25.1 Å². The number of para-hydroxylation sites is 2. The number of rotatable bonds is 8. The number of alkyl halides is 1. The van der Waals surface area contributed by atoms with E-state index in [1.54, 1.807) is 6.07 Å². The van der Waals surface area contributed by atoms with Gasteiger partial charge in [0.05, 0.1) is 34.6 Å². The lowest BCUT2D eigenvalue weighted by molar-refractivity contribution is 0.0600. The number of hydrogen-bond donors (Lipinski definition) is 1. The lowest BCUT2D eigenvalue weighted by atomic mass is 10.1. The minimum absolute atomic E-state index is 0.359. The van der Waals surface area contributed by atoms with Crippen LogP contribution < -0.4 is 9.47 Å². The van der Waals surface area contributed by atoms with Crippen molar-refractivity contribution in [3.63, 3.8) is 0 Å². The van der Waals surface area contributed by atoms with Crippen LogP contribution in [0.4, 0.5) is 0 Å². The van der Waals surface area contributed by atoms with E-state index in [0.29, 0.717) is 39.2 Å². The highest BCUT2D eigenvalue weighted by molar-refractivity contribution is 9.09. The van der Waals surface area contributed by atoms with Crippen molar-refractivity contribution in [2.24, 2.45) is 0 Å². The van der Waals surface area contributed by atoms with E-state index in [0.717, 1.165) is 21.5 Å². The SMILES string of the molecule is COC(=O)c1sc(-c2nc3ccccc3[nH]2)cc1O[C@H](C)c1cccc(OCCBr)c1Cl. The van der Waals surface area contributed by atoms with Crippen LogP contribution in [0.15, 0.2) is 48.5 Å². The summed E-state index contributed by atoms with van der Waals surface area (Å²) in [6.45, 7) is 2.37. The molecule has 0 saturated heterocycles. The Labute approximate surface area is 202 Å². The Morgan fingerprint density at radius 3 is 2.78 bits per heavy atom. The third-order valence-electron chi connectivity index (χ3n) is 4.76. The average Bonchev–Trinajstić information content (AvgIpc) is 3.42. The van der Waals surface area contributed by atoms with Gasteiger partial charge in [0.25, 0.3) is 0 Å². The van der Waals surface area contributed by atoms with Crippen LogP contribution in [0.5, 0.6) is 11.5 Å². The normalized spacial score (nSPS) is 12.0. The fraction of sp³-hybridized carbons (Fsp3) is 0.217. The van der Waals surface area contributed by atoms with Crippen molar-refractivity contribution >= 4 is 55.9 Å². The molecule has 0 saturated carbocycles. The predicted molar refractivity (Wildman–Crippen MR) is 131 cm³/mol. The third-order valence-corrected chi connectivity index (χ3v) is 6.59. The number of H-pyrrole nitrogens is 1. The van der Waals surface area contributed by atoms with Crippen molar-refractivity contribution in [3.05, 3.63) is 64.0 Å². The highest BCUT2D eigenvalue weighted by atomic mass is 79.9. The highest BCUT2D eigenvalue weighted by Crippen LogP contribution is 2.40. The summed E-state index contributed by atoms with van der Waals surface area (Å²) in [5, 5.41) is 1.18. The van der Waals surface area contributed by atoms with Gasteiger partial charge in [-0.15, -0.1) is 11.3 Å². The zero-order chi connectivity index (χ0) is 22.7. The molecule has 0 unspecified atom stereocenters. The van der Waals surface area contributed by atoms with Gasteiger partial charge < -0.3 is 19.2 Å². The van der Waals surface area contributed by atoms with Gasteiger partial charge in [-0.3, -0.25) is 0 Å². The van der Waals surface area contributed by atoms with Crippen molar-refractivity contribution in [2.75, 3.05) is 19.0 Å². The van der Waals surface area contributed by atoms with Crippen LogP contribution in [0, 0.1) is 0 Å². The van der Waals surface area contributed by atoms with Gasteiger partial charge >= 0.3 is 5.97 Å². The second-order valence-corrected chi connectivity index (χ2v) is 9.08. The van der Waals surface area contributed by atoms with Gasteiger partial charge in [0.2, 0.25) is 0 Å². The van der Waals surface area contributed by atoms with Crippen molar-refractivity contribution in [2.45, 2.75) is 13.0 Å². The number of ether oxygens (including phenoxy) is 3. The number of aromatic nitrogens is 2. The van der Waals surface area contributed by atoms with E-state index in [-0.39, 0.29) is 0 Å². The number of hydrogen-bond acceptors (Lipinski definition) is 6. The van der Waals surface area contributed by atoms with E-state index in [9.17, 15) is 4.79 Å². The number of nitrogens with one attached hydrogen (secondary N) is 1. The molecule has 166 valence electrons. The number of aromatic amines is 1. The molecular formula is C23H20BrClN2O4S. The first kappa shape index (κ1) is 22.6. The van der Waals surface area contributed by atoms with Crippen molar-refractivity contribution in [1.82, 2.24) is 9.97 Å². The molecule has 0 radical (unpaired) electrons. The Balaban J connectivity index is 1.66. The van der Waals surface area contributed by atoms with E-state index in [1.165, 1.54) is 18.4 Å². The smallest absolute Gasteiger partial charge is 0.351 e. The number of nitrogens with zero attached hydrogens (tertiary/aromatic N) is 1. The molecule has 2 aromatic heterocycles. The second kappa shape index (κ2) is 9.94. The summed E-state index contributed by atoms with van der Waals surface area (Å²) in [6, 6.07) is 15.1. The first-order valence-corrected chi connectivity index (χ1v) is 12.1. The van der Waals surface area contributed by atoms with E-state index >= 15 is 0 Å². The number of halogens is 2. The summed E-state index contributed by atoms with van der Waals surface area (Å²) in [4.78, 5) is 21.5. The number of methoxy groups -OCH3 is 1. The largest absolute Gasteiger partial charge is 0.491 e. The third kappa shape index (κ3) is 4.62. The molecule has 0 fully saturated rings. The molecule has 0 aliphatic heterocycles. The quantitative estimate of drug-likeness (QED) is 0.202. The zero-order valence-corrected chi connectivity index (χ0v) is 20.5. The van der Waals surface area contributed by atoms with E-state index < -0.39 is 12.1 Å². The number of carbonyl (C=O) groups excluding carboxylic acids is 1. The molecule has 1 atom stereocenters. The molecule has 0 spiro atoms. The Hall–Kier alpha value is -2.55. The fourth-order valence-corrected chi connectivity index (χ4v) is 4.69. The molecule has 4 rings (SSSR count). The number of benzene rings is 2. The van der Waals surface area contributed by atoms with Crippen LogP contribution in [0.1, 0.15) is 28.3 Å². The number of thiophene rings is 1. The van der Waals surface area contributed by atoms with Crippen LogP contribution in [-0.4, -0.2) is 35.0 Å². The Morgan fingerprint density at radius 2 is 2.03 bits per heavy atom. The standard InChI is InChI=1S/C23H20BrClN2O4S/c1-13(14-6-5-9-17(20(14)25)30-11-10-24)31-18-12-19(32-21(18)23(28)29-2)22-26-15-7-3-4-8-16(15)27-22/h3-9,12-13H,10-11H2,1-2H3,(H,26,27)/t13-/m1/s1. The Kier molecular flexibility index (Phi) is 7.03. The molecule has 4 aromatic rings. The van der Waals surface area contributed by atoms with E-state index in [4.69, 9.17) is 25.8 Å². The molecule has 32 heavy (non-hydrogen) atoms. The van der Waals surface area contributed by atoms with Gasteiger partial charge in [-0.25, -0.2) is 9.78 Å². The number of esters is 1. The lowest BCUT2D eigenvalue weighted by Gasteiger charge is -2.18. The molecule has 0 amide bonds. The van der Waals surface area contributed by atoms with E-state index in [2.05, 4.69) is 25.9 Å². The summed E-state index contributed by atoms with van der Waals surface area (Å²) in [5.41, 5.74) is 2.52. The maximum Gasteiger partial charge on any atom is 0.351 e. The number of imidazole rings is 1. The van der Waals surface area contributed by atoms with Gasteiger partial charge in [-0.1, -0.05) is 51.8 Å². The van der Waals surface area contributed by atoms with E-state index in [1.807, 2.05) is 49.4 Å². The summed E-state index contributed by atoms with van der Waals surface area (Å²) >= 11 is 11.2. The van der Waals surface area contributed by atoms with Gasteiger partial charge in [0, 0.05) is 17.0 Å². The zero-order valence-electron chi connectivity index (χ0n) is 17.4. The topological polar surface area (TPSA) is 73.4 Å². The molecule has 0 aliphatic rings. The van der Waals surface area contributed by atoms with Gasteiger partial charge in [0.15, 0.2) is 4.88 Å². The lowest BCUT2D eigenvalue weighted by Crippen LogP contribution is -2.08. The van der Waals surface area contributed by atoms with Gasteiger partial charge in [-0.2, -0.15) is 0 Å². The van der Waals surface area contributed by atoms with Crippen LogP contribution in [-0.2, 0) is 4.74 Å². The first-order chi connectivity index (χ1) is 15.5. The molecule has 0 aliphatic carbocycles. The van der Waals surface area contributed by atoms with Crippen molar-refractivity contribution < 1.29 is 19.0 Å². The minimum Gasteiger partial charge on any atom is -0.491 e.